The summed E-state index contributed by atoms with van der Waals surface area (Å²) < 4.78 is 0. The molecule has 218 valence electrons. The lowest BCUT2D eigenvalue weighted by Crippen LogP contribution is -2.63. The summed E-state index contributed by atoms with van der Waals surface area (Å²) in [7, 11) is 3.22. The predicted molar refractivity (Wildman–Crippen MR) is 149 cm³/mol. The first-order valence-electron chi connectivity index (χ1n) is 13.8. The zero-order valence-corrected chi connectivity index (χ0v) is 24.1. The number of fused-ring (bicyclic) bond motifs is 3. The molecule has 7 N–H and O–H groups in total. The fourth-order valence-corrected chi connectivity index (χ4v) is 6.66. The molecule has 3 aliphatic carbocycles. The molecule has 10 heteroatoms. The van der Waals surface area contributed by atoms with Crippen molar-refractivity contribution >= 4 is 17.5 Å². The number of phenols is 1. The van der Waals surface area contributed by atoms with Gasteiger partial charge in [0.15, 0.2) is 11.4 Å². The van der Waals surface area contributed by atoms with Gasteiger partial charge < -0.3 is 31.5 Å². The molecule has 0 fully saturated rings. The number of rotatable bonds is 7. The van der Waals surface area contributed by atoms with Crippen LogP contribution in [0.15, 0.2) is 28.7 Å². The highest BCUT2D eigenvalue weighted by Crippen LogP contribution is 2.52. The van der Waals surface area contributed by atoms with Gasteiger partial charge in [0, 0.05) is 30.1 Å². The number of hydrogen-bond donors (Lipinski definition) is 6. The van der Waals surface area contributed by atoms with Crippen molar-refractivity contribution < 1.29 is 34.8 Å². The number of aliphatic hydroxyl groups is 3. The largest absolute Gasteiger partial charge is 0.510 e. The Kier molecular flexibility index (Phi) is 7.68. The number of Topliss-reactive ketones (excluding diaryl/α,β-unsaturated/α-hetero) is 2. The van der Waals surface area contributed by atoms with Crippen LogP contribution in [0.4, 0.5) is 0 Å². The van der Waals surface area contributed by atoms with Crippen LogP contribution in [-0.2, 0) is 29.0 Å². The SMILES string of the molecule is CCCc1cc(CNCC(C)(C)C)c(O)c2c1CC1CC3C(N(C)C)C(O)=C(C(N)=O)C(=O)C3(O)C(O)=C1C2=O. The number of amides is 1. The van der Waals surface area contributed by atoms with Gasteiger partial charge in [0.25, 0.3) is 5.91 Å². The van der Waals surface area contributed by atoms with Crippen molar-refractivity contribution in [3.63, 3.8) is 0 Å². The minimum atomic E-state index is -2.64. The van der Waals surface area contributed by atoms with Gasteiger partial charge in [0.2, 0.25) is 5.78 Å². The molecule has 1 amide bonds. The van der Waals surface area contributed by atoms with Crippen LogP contribution in [0, 0.1) is 17.3 Å². The maximum Gasteiger partial charge on any atom is 0.255 e. The van der Waals surface area contributed by atoms with Gasteiger partial charge >= 0.3 is 0 Å². The third-order valence-electron chi connectivity index (χ3n) is 8.38. The van der Waals surface area contributed by atoms with E-state index >= 15 is 0 Å². The summed E-state index contributed by atoms with van der Waals surface area (Å²) >= 11 is 0. The molecule has 0 radical (unpaired) electrons. The highest BCUT2D eigenvalue weighted by Gasteiger charge is 2.63. The van der Waals surface area contributed by atoms with Gasteiger partial charge in [-0.3, -0.25) is 19.3 Å². The number of nitrogens with one attached hydrogen (secondary N) is 1. The van der Waals surface area contributed by atoms with Crippen molar-refractivity contribution in [2.24, 2.45) is 23.0 Å². The lowest BCUT2D eigenvalue weighted by molar-refractivity contribution is -0.148. The Bertz CT molecular complexity index is 1340. The lowest BCUT2D eigenvalue weighted by atomic mass is 9.58. The number of benzene rings is 1. The van der Waals surface area contributed by atoms with E-state index in [4.69, 9.17) is 5.73 Å². The molecule has 4 unspecified atom stereocenters. The van der Waals surface area contributed by atoms with Crippen LogP contribution in [-0.4, -0.2) is 75.1 Å². The third kappa shape index (κ3) is 4.61. The van der Waals surface area contributed by atoms with Gasteiger partial charge in [-0.25, -0.2) is 0 Å². The summed E-state index contributed by atoms with van der Waals surface area (Å²) in [5.74, 6) is -6.36. The van der Waals surface area contributed by atoms with Gasteiger partial charge in [-0.2, -0.15) is 0 Å². The molecule has 0 bridgehead atoms. The maximum atomic E-state index is 14.1. The first-order valence-corrected chi connectivity index (χ1v) is 13.8. The second-order valence-corrected chi connectivity index (χ2v) is 12.8. The minimum Gasteiger partial charge on any atom is -0.510 e. The van der Waals surface area contributed by atoms with E-state index in [0.29, 0.717) is 37.1 Å². The van der Waals surface area contributed by atoms with Crippen LogP contribution in [0.3, 0.4) is 0 Å². The Balaban J connectivity index is 1.88. The van der Waals surface area contributed by atoms with E-state index in [1.165, 1.54) is 0 Å². The van der Waals surface area contributed by atoms with Crippen molar-refractivity contribution in [3.05, 3.63) is 51.0 Å². The Hall–Kier alpha value is -3.21. The number of likely N-dealkylation sites (N-methyl/N-ethyl adjacent to an activating group) is 1. The van der Waals surface area contributed by atoms with Crippen molar-refractivity contribution in [3.8, 4) is 5.75 Å². The summed E-state index contributed by atoms with van der Waals surface area (Å²) in [5, 5.41) is 48.8. The average Bonchev–Trinajstić information content (AvgIpc) is 2.83. The normalized spacial score (nSPS) is 26.6. The number of aromatic hydroxyl groups is 1. The second-order valence-electron chi connectivity index (χ2n) is 12.8. The summed E-state index contributed by atoms with van der Waals surface area (Å²) in [6, 6.07) is 0.916. The number of allylic oxidation sites excluding steroid dienone is 1. The molecule has 3 aliphatic rings. The molecule has 1 aromatic rings. The van der Waals surface area contributed by atoms with Crippen molar-refractivity contribution in [1.29, 1.82) is 0 Å². The number of carbonyl (C=O) groups is 3. The van der Waals surface area contributed by atoms with Crippen LogP contribution < -0.4 is 11.1 Å². The molecular weight excluding hydrogens is 514 g/mol. The Morgan fingerprint density at radius 1 is 1.18 bits per heavy atom. The smallest absolute Gasteiger partial charge is 0.255 e. The van der Waals surface area contributed by atoms with Crippen molar-refractivity contribution in [2.75, 3.05) is 20.6 Å². The summed E-state index contributed by atoms with van der Waals surface area (Å²) in [6.45, 7) is 9.29. The molecular formula is C30H41N3O7. The van der Waals surface area contributed by atoms with Crippen LogP contribution in [0.5, 0.6) is 5.75 Å². The van der Waals surface area contributed by atoms with E-state index in [2.05, 4.69) is 26.1 Å². The molecule has 0 aliphatic heterocycles. The number of nitrogens with two attached hydrogens (primary N) is 1. The quantitative estimate of drug-likeness (QED) is 0.276. The van der Waals surface area contributed by atoms with Crippen molar-refractivity contribution in [1.82, 2.24) is 10.2 Å². The number of aryl methyl sites for hydroxylation is 1. The van der Waals surface area contributed by atoms with Gasteiger partial charge in [-0.15, -0.1) is 0 Å². The summed E-state index contributed by atoms with van der Waals surface area (Å²) in [4.78, 5) is 41.2. The molecule has 0 spiro atoms. The van der Waals surface area contributed by atoms with E-state index in [9.17, 15) is 34.8 Å². The standard InChI is InChI=1S/C30H41N3O7/c1-7-8-14-9-16(12-32-13-29(2,3)4)23(34)20-17(14)10-15-11-18-22(33(5)6)25(36)21(28(31)39)27(38)30(18,40)26(37)19(15)24(20)35/h9,15,18,22,32,34,36-37,40H,7-8,10-13H2,1-6H3,(H2,31,39). The highest BCUT2D eigenvalue weighted by molar-refractivity contribution is 6.24. The topological polar surface area (TPSA) is 173 Å². The minimum absolute atomic E-state index is 0.00734. The van der Waals surface area contributed by atoms with Crippen LogP contribution in [0.1, 0.15) is 67.6 Å². The third-order valence-corrected chi connectivity index (χ3v) is 8.38. The number of aliphatic hydroxyl groups excluding tert-OH is 2. The number of phenolic OH excluding ortho intramolecular Hbond substituents is 1. The maximum absolute atomic E-state index is 14.1. The molecule has 0 heterocycles. The first-order chi connectivity index (χ1) is 18.6. The monoisotopic (exact) mass is 555 g/mol. The number of ketones is 2. The molecule has 4 atom stereocenters. The van der Waals surface area contributed by atoms with E-state index in [1.54, 1.807) is 19.0 Å². The molecule has 10 nitrogen and oxygen atoms in total. The van der Waals surface area contributed by atoms with Gasteiger partial charge in [0.05, 0.1) is 11.6 Å². The number of nitrogens with zero attached hydrogens (tertiary/aromatic N) is 1. The number of carbonyl (C=O) groups excluding carboxylic acids is 3. The van der Waals surface area contributed by atoms with E-state index in [0.717, 1.165) is 12.0 Å². The zero-order valence-electron chi connectivity index (χ0n) is 24.1. The zero-order chi connectivity index (χ0) is 29.9. The highest BCUT2D eigenvalue weighted by atomic mass is 16.3. The lowest BCUT2D eigenvalue weighted by Gasteiger charge is -2.50. The summed E-state index contributed by atoms with van der Waals surface area (Å²) in [5.41, 5.74) is 4.05. The van der Waals surface area contributed by atoms with Crippen LogP contribution in [0.25, 0.3) is 0 Å². The van der Waals surface area contributed by atoms with Crippen molar-refractivity contribution in [2.45, 2.75) is 71.6 Å². The Morgan fingerprint density at radius 2 is 1.82 bits per heavy atom. The fraction of sp³-hybridized carbons (Fsp3) is 0.567. The van der Waals surface area contributed by atoms with E-state index in [-0.39, 0.29) is 28.7 Å². The van der Waals surface area contributed by atoms with Gasteiger partial charge in [0.1, 0.15) is 22.8 Å². The number of hydrogen-bond acceptors (Lipinski definition) is 9. The van der Waals surface area contributed by atoms with Crippen LogP contribution in [0.2, 0.25) is 0 Å². The van der Waals surface area contributed by atoms with Crippen LogP contribution >= 0.6 is 0 Å². The predicted octanol–water partition coefficient (Wildman–Crippen LogP) is 2.21. The second kappa shape index (κ2) is 10.3. The first kappa shape index (κ1) is 29.8. The number of primary amides is 1. The molecule has 40 heavy (non-hydrogen) atoms. The Morgan fingerprint density at radius 3 is 2.38 bits per heavy atom. The van der Waals surface area contributed by atoms with Gasteiger partial charge in [-0.1, -0.05) is 40.2 Å². The molecule has 1 aromatic carbocycles. The van der Waals surface area contributed by atoms with Gasteiger partial charge in [-0.05, 0) is 55.8 Å². The fourth-order valence-electron chi connectivity index (χ4n) is 6.66. The van der Waals surface area contributed by atoms with E-state index < -0.39 is 58.0 Å². The van der Waals surface area contributed by atoms with E-state index in [1.807, 2.05) is 13.0 Å². The summed E-state index contributed by atoms with van der Waals surface area (Å²) in [6.07, 6.45) is 1.87. The molecule has 4 rings (SSSR count). The molecule has 0 saturated carbocycles. The Labute approximate surface area is 234 Å². The molecule has 0 aromatic heterocycles. The molecule has 0 saturated heterocycles. The average molecular weight is 556 g/mol.